The molecule has 0 spiro atoms. The first-order valence-electron chi connectivity index (χ1n) is 3.58. The van der Waals surface area contributed by atoms with Crippen LogP contribution in [-0.4, -0.2) is 26.2 Å². The molecular formula is C7H13FO2. The van der Waals surface area contributed by atoms with Gasteiger partial charge in [-0.1, -0.05) is 0 Å². The van der Waals surface area contributed by atoms with Gasteiger partial charge in [0.25, 0.3) is 0 Å². The third-order valence-electron chi connectivity index (χ3n) is 1.89. The number of rotatable bonds is 2. The molecule has 0 aromatic heterocycles. The Morgan fingerprint density at radius 3 is 2.70 bits per heavy atom. The summed E-state index contributed by atoms with van der Waals surface area (Å²) in [6, 6.07) is 0. The second kappa shape index (κ2) is 3.30. The molecule has 0 amide bonds. The van der Waals surface area contributed by atoms with Crippen LogP contribution in [-0.2, 0) is 9.47 Å². The van der Waals surface area contributed by atoms with Gasteiger partial charge in [0.1, 0.15) is 6.67 Å². The van der Waals surface area contributed by atoms with Crippen LogP contribution >= 0.6 is 0 Å². The molecule has 2 nitrogen and oxygen atoms in total. The molecule has 1 aliphatic heterocycles. The van der Waals surface area contributed by atoms with E-state index in [9.17, 15) is 4.39 Å². The fourth-order valence-corrected chi connectivity index (χ4v) is 1.15. The van der Waals surface area contributed by atoms with Gasteiger partial charge in [-0.05, 0) is 12.8 Å². The molecule has 1 atom stereocenters. The van der Waals surface area contributed by atoms with E-state index in [0.717, 1.165) is 12.8 Å². The fraction of sp³-hybridized carbons (Fsp3) is 1.00. The maximum atomic E-state index is 12.3. The van der Waals surface area contributed by atoms with E-state index in [0.29, 0.717) is 13.0 Å². The number of hydrogen-bond acceptors (Lipinski definition) is 2. The fourth-order valence-electron chi connectivity index (χ4n) is 1.15. The lowest BCUT2D eigenvalue weighted by molar-refractivity contribution is -0.248. The van der Waals surface area contributed by atoms with Crippen LogP contribution in [0.5, 0.6) is 0 Å². The van der Waals surface area contributed by atoms with E-state index in [1.807, 2.05) is 0 Å². The van der Waals surface area contributed by atoms with Crippen molar-refractivity contribution in [3.05, 3.63) is 0 Å². The molecule has 10 heavy (non-hydrogen) atoms. The van der Waals surface area contributed by atoms with Gasteiger partial charge in [-0.2, -0.15) is 0 Å². The summed E-state index contributed by atoms with van der Waals surface area (Å²) in [4.78, 5) is 0. The van der Waals surface area contributed by atoms with Crippen LogP contribution in [0.4, 0.5) is 4.39 Å². The highest BCUT2D eigenvalue weighted by Crippen LogP contribution is 2.25. The van der Waals surface area contributed by atoms with E-state index in [-0.39, 0.29) is 0 Å². The van der Waals surface area contributed by atoms with Gasteiger partial charge in [-0.25, -0.2) is 4.39 Å². The van der Waals surface area contributed by atoms with Crippen molar-refractivity contribution in [3.63, 3.8) is 0 Å². The van der Waals surface area contributed by atoms with Crippen LogP contribution in [0.25, 0.3) is 0 Å². The minimum absolute atomic E-state index is 0.538. The van der Waals surface area contributed by atoms with Gasteiger partial charge in [0, 0.05) is 13.5 Å². The van der Waals surface area contributed by atoms with Crippen LogP contribution < -0.4 is 0 Å². The third-order valence-corrected chi connectivity index (χ3v) is 1.89. The Labute approximate surface area is 60.3 Å². The highest BCUT2D eigenvalue weighted by Gasteiger charge is 2.32. The molecule has 60 valence electrons. The minimum Gasteiger partial charge on any atom is -0.351 e. The molecule has 0 aliphatic carbocycles. The average Bonchev–Trinajstić information content (AvgIpc) is 2.06. The zero-order chi connectivity index (χ0) is 7.45. The van der Waals surface area contributed by atoms with E-state index in [4.69, 9.17) is 9.47 Å². The van der Waals surface area contributed by atoms with Crippen LogP contribution in [0.1, 0.15) is 19.3 Å². The van der Waals surface area contributed by atoms with E-state index >= 15 is 0 Å². The van der Waals surface area contributed by atoms with Crippen molar-refractivity contribution in [2.75, 3.05) is 20.4 Å². The smallest absolute Gasteiger partial charge is 0.196 e. The van der Waals surface area contributed by atoms with Crippen molar-refractivity contribution < 1.29 is 13.9 Å². The van der Waals surface area contributed by atoms with Crippen molar-refractivity contribution in [2.45, 2.75) is 25.0 Å². The first-order valence-corrected chi connectivity index (χ1v) is 3.58. The highest BCUT2D eigenvalue weighted by atomic mass is 19.1. The summed E-state index contributed by atoms with van der Waals surface area (Å²) in [7, 11) is 1.49. The highest BCUT2D eigenvalue weighted by molar-refractivity contribution is 4.71. The monoisotopic (exact) mass is 148 g/mol. The van der Waals surface area contributed by atoms with Gasteiger partial charge in [0.05, 0.1) is 6.61 Å². The van der Waals surface area contributed by atoms with Gasteiger partial charge in [0.2, 0.25) is 0 Å². The van der Waals surface area contributed by atoms with Crippen LogP contribution in [0.15, 0.2) is 0 Å². The quantitative estimate of drug-likeness (QED) is 0.590. The second-order valence-corrected chi connectivity index (χ2v) is 2.55. The third kappa shape index (κ3) is 1.47. The number of hydrogen-bond donors (Lipinski definition) is 0. The topological polar surface area (TPSA) is 18.5 Å². The van der Waals surface area contributed by atoms with Gasteiger partial charge in [-0.3, -0.25) is 0 Å². The SMILES string of the molecule is COC1(CF)CCCCO1. The zero-order valence-corrected chi connectivity index (χ0v) is 6.23. The molecule has 1 unspecified atom stereocenters. The summed E-state index contributed by atoms with van der Waals surface area (Å²) in [5.41, 5.74) is 0. The predicted octanol–water partition coefficient (Wildman–Crippen LogP) is 1.50. The molecule has 0 radical (unpaired) electrons. The first-order chi connectivity index (χ1) is 4.83. The van der Waals surface area contributed by atoms with Gasteiger partial charge in [-0.15, -0.1) is 0 Å². The normalized spacial score (nSPS) is 34.2. The molecule has 1 saturated heterocycles. The summed E-state index contributed by atoms with van der Waals surface area (Å²) in [5, 5.41) is 0. The molecule has 0 N–H and O–H groups in total. The minimum atomic E-state index is -0.905. The number of ether oxygens (including phenoxy) is 2. The van der Waals surface area contributed by atoms with Gasteiger partial charge in [0.15, 0.2) is 5.79 Å². The summed E-state index contributed by atoms with van der Waals surface area (Å²) < 4.78 is 22.4. The van der Waals surface area contributed by atoms with Crippen molar-refractivity contribution in [3.8, 4) is 0 Å². The van der Waals surface area contributed by atoms with Crippen molar-refractivity contribution in [2.24, 2.45) is 0 Å². The maximum Gasteiger partial charge on any atom is 0.196 e. The lowest BCUT2D eigenvalue weighted by Crippen LogP contribution is -2.40. The average molecular weight is 148 g/mol. The Kier molecular flexibility index (Phi) is 2.63. The van der Waals surface area contributed by atoms with E-state index < -0.39 is 12.5 Å². The molecule has 0 bridgehead atoms. The molecule has 3 heteroatoms. The van der Waals surface area contributed by atoms with E-state index in [2.05, 4.69) is 0 Å². The Morgan fingerprint density at radius 2 is 2.40 bits per heavy atom. The molecule has 1 aliphatic rings. The largest absolute Gasteiger partial charge is 0.351 e. The van der Waals surface area contributed by atoms with Crippen LogP contribution in [0, 0.1) is 0 Å². The molecule has 1 fully saturated rings. The Balaban J connectivity index is 2.44. The maximum absolute atomic E-state index is 12.3. The predicted molar refractivity (Wildman–Crippen MR) is 35.5 cm³/mol. The standard InChI is InChI=1S/C7H13FO2/c1-9-7(6-8)4-2-3-5-10-7/h2-6H2,1H3. The van der Waals surface area contributed by atoms with Gasteiger partial charge >= 0.3 is 0 Å². The van der Waals surface area contributed by atoms with Gasteiger partial charge < -0.3 is 9.47 Å². The summed E-state index contributed by atoms with van der Waals surface area (Å²) in [6.45, 7) is 0.0846. The van der Waals surface area contributed by atoms with Crippen molar-refractivity contribution in [1.29, 1.82) is 0 Å². The zero-order valence-electron chi connectivity index (χ0n) is 6.23. The molecular weight excluding hydrogens is 135 g/mol. The number of halogens is 1. The number of alkyl halides is 1. The van der Waals surface area contributed by atoms with E-state index in [1.54, 1.807) is 0 Å². The summed E-state index contributed by atoms with van der Waals surface area (Å²) >= 11 is 0. The van der Waals surface area contributed by atoms with E-state index in [1.165, 1.54) is 7.11 Å². The lowest BCUT2D eigenvalue weighted by atomic mass is 10.1. The molecule has 0 aromatic carbocycles. The van der Waals surface area contributed by atoms with Crippen LogP contribution in [0.3, 0.4) is 0 Å². The Hall–Kier alpha value is -0.150. The molecule has 1 heterocycles. The van der Waals surface area contributed by atoms with Crippen LogP contribution in [0.2, 0.25) is 0 Å². The number of methoxy groups -OCH3 is 1. The molecule has 1 rings (SSSR count). The molecule has 0 aromatic rings. The second-order valence-electron chi connectivity index (χ2n) is 2.55. The Morgan fingerprint density at radius 1 is 1.60 bits per heavy atom. The van der Waals surface area contributed by atoms with Crippen molar-refractivity contribution in [1.82, 2.24) is 0 Å². The molecule has 0 saturated carbocycles. The lowest BCUT2D eigenvalue weighted by Gasteiger charge is -2.33. The summed E-state index contributed by atoms with van der Waals surface area (Å²) in [6.07, 6.45) is 2.70. The first kappa shape index (κ1) is 7.95. The van der Waals surface area contributed by atoms with Crippen molar-refractivity contribution >= 4 is 0 Å². The summed E-state index contributed by atoms with van der Waals surface area (Å²) in [5.74, 6) is -0.905. The Bertz CT molecular complexity index is 93.8.